The average molecular weight is 460 g/mol. The zero-order chi connectivity index (χ0) is 23.7. The Hall–Kier alpha value is -4.38. The van der Waals surface area contributed by atoms with Crippen LogP contribution in [0.25, 0.3) is 21.9 Å². The van der Waals surface area contributed by atoms with Crippen molar-refractivity contribution in [3.8, 4) is 0 Å². The summed E-state index contributed by atoms with van der Waals surface area (Å²) in [4.78, 5) is 26.4. The van der Waals surface area contributed by atoms with E-state index in [1.165, 1.54) is 0 Å². The van der Waals surface area contributed by atoms with E-state index in [-0.39, 0.29) is 17.7 Å². The van der Waals surface area contributed by atoms with Crippen molar-refractivity contribution < 1.29 is 19.1 Å². The van der Waals surface area contributed by atoms with Gasteiger partial charge in [0.2, 0.25) is 5.91 Å². The van der Waals surface area contributed by atoms with Gasteiger partial charge >= 0.3 is 5.97 Å². The predicted octanol–water partition coefficient (Wildman–Crippen LogP) is 6.13. The fourth-order valence-corrected chi connectivity index (χ4v) is 6.32. The molecular weight excluding hydrogens is 438 g/mol. The lowest BCUT2D eigenvalue weighted by Gasteiger charge is -2.48. The van der Waals surface area contributed by atoms with Crippen molar-refractivity contribution in [2.24, 2.45) is 11.8 Å². The molecule has 0 radical (unpaired) electrons. The van der Waals surface area contributed by atoms with E-state index in [0.717, 1.165) is 38.6 Å². The number of aliphatic carboxylic acids is 1. The Morgan fingerprint density at radius 3 is 1.83 bits per heavy atom. The van der Waals surface area contributed by atoms with E-state index in [9.17, 15) is 14.7 Å². The predicted molar refractivity (Wildman–Crippen MR) is 134 cm³/mol. The van der Waals surface area contributed by atoms with Crippen molar-refractivity contribution >= 4 is 39.5 Å². The number of furan rings is 1. The Morgan fingerprint density at radius 1 is 0.657 bits per heavy atom. The van der Waals surface area contributed by atoms with Crippen molar-refractivity contribution in [3.05, 3.63) is 113 Å². The number of para-hydroxylation sites is 1. The van der Waals surface area contributed by atoms with Gasteiger partial charge in [-0.2, -0.15) is 0 Å². The van der Waals surface area contributed by atoms with Crippen LogP contribution < -0.4 is 5.32 Å². The molecule has 8 rings (SSSR count). The Bertz CT molecular complexity index is 1620. The normalized spacial score (nSPS) is 22.1. The van der Waals surface area contributed by atoms with Crippen molar-refractivity contribution in [1.82, 2.24) is 0 Å². The van der Waals surface area contributed by atoms with Crippen LogP contribution in [0.2, 0.25) is 0 Å². The number of anilines is 1. The van der Waals surface area contributed by atoms with Crippen LogP contribution in [0.4, 0.5) is 5.69 Å². The number of carboxylic acid groups (broad SMARTS) is 1. The van der Waals surface area contributed by atoms with E-state index in [2.05, 4.69) is 5.32 Å². The third-order valence-corrected chi connectivity index (χ3v) is 7.67. The lowest BCUT2D eigenvalue weighted by Crippen LogP contribution is -2.48. The van der Waals surface area contributed by atoms with E-state index in [4.69, 9.17) is 4.42 Å². The summed E-state index contributed by atoms with van der Waals surface area (Å²) in [5.41, 5.74) is 6.17. The molecule has 1 heterocycles. The summed E-state index contributed by atoms with van der Waals surface area (Å²) >= 11 is 0. The largest absolute Gasteiger partial charge is 0.481 e. The first-order chi connectivity index (χ1) is 17.1. The SMILES string of the molecule is O=C(O)[C@H]1C2c3ccccc3C(c3ccccc32)[C@@H]1C(=O)Nc1ccc2c(c1)oc1ccccc12. The van der Waals surface area contributed by atoms with Gasteiger partial charge in [0.1, 0.15) is 11.2 Å². The molecule has 2 atom stereocenters. The standard InChI is InChI=1S/C30H21NO4/c32-29(31-16-13-14-18-17-7-5-6-12-23(17)35-24(18)15-16)27-25-19-8-1-3-10-21(19)26(28(27)30(33)34)22-11-4-2-9-20(22)25/h1-15,25-28H,(H,31,32)(H,33,34)/t25?,26?,27-,28-/m0/s1. The molecule has 0 spiro atoms. The molecule has 0 saturated heterocycles. The highest BCUT2D eigenvalue weighted by molar-refractivity contribution is 6.07. The number of nitrogens with one attached hydrogen (secondary N) is 1. The highest BCUT2D eigenvalue weighted by atomic mass is 16.4. The highest BCUT2D eigenvalue weighted by Gasteiger charge is 2.55. The quantitative estimate of drug-likeness (QED) is 0.340. The highest BCUT2D eigenvalue weighted by Crippen LogP contribution is 2.58. The molecule has 0 saturated carbocycles. The number of benzene rings is 4. The number of carboxylic acids is 1. The van der Waals surface area contributed by atoms with Gasteiger partial charge in [0.15, 0.2) is 0 Å². The number of rotatable bonds is 3. The third kappa shape index (κ3) is 2.81. The van der Waals surface area contributed by atoms with Crippen LogP contribution in [0.5, 0.6) is 0 Å². The minimum Gasteiger partial charge on any atom is -0.481 e. The maximum atomic E-state index is 13.8. The number of hydrogen-bond acceptors (Lipinski definition) is 3. The molecule has 4 aromatic carbocycles. The second-order valence-corrected chi connectivity index (χ2v) is 9.40. The van der Waals surface area contributed by atoms with E-state index >= 15 is 0 Å². The molecule has 3 aliphatic rings. The second kappa shape index (κ2) is 7.31. The summed E-state index contributed by atoms with van der Waals surface area (Å²) < 4.78 is 5.98. The molecule has 1 aromatic heterocycles. The third-order valence-electron chi connectivity index (χ3n) is 7.67. The molecule has 2 N–H and O–H groups in total. The summed E-state index contributed by atoms with van der Waals surface area (Å²) in [7, 11) is 0. The molecule has 170 valence electrons. The van der Waals surface area contributed by atoms with Crippen molar-refractivity contribution in [2.45, 2.75) is 11.8 Å². The fourth-order valence-electron chi connectivity index (χ4n) is 6.32. The van der Waals surface area contributed by atoms with Crippen molar-refractivity contribution in [2.75, 3.05) is 5.32 Å². The van der Waals surface area contributed by atoms with E-state index < -0.39 is 17.8 Å². The van der Waals surface area contributed by atoms with Crippen LogP contribution in [-0.2, 0) is 9.59 Å². The molecular formula is C30H21NO4. The Kier molecular flexibility index (Phi) is 4.18. The summed E-state index contributed by atoms with van der Waals surface area (Å²) in [5.74, 6) is -3.49. The monoisotopic (exact) mass is 459 g/mol. The number of carbonyl (C=O) groups is 2. The maximum Gasteiger partial charge on any atom is 0.308 e. The number of hydrogen-bond donors (Lipinski definition) is 2. The van der Waals surface area contributed by atoms with E-state index in [1.54, 1.807) is 0 Å². The summed E-state index contributed by atoms with van der Waals surface area (Å²) in [6.45, 7) is 0. The average Bonchev–Trinajstić information content (AvgIpc) is 3.26. The van der Waals surface area contributed by atoms with Crippen LogP contribution in [-0.4, -0.2) is 17.0 Å². The van der Waals surface area contributed by atoms with Gasteiger partial charge in [0.25, 0.3) is 0 Å². The van der Waals surface area contributed by atoms with Crippen molar-refractivity contribution in [1.29, 1.82) is 0 Å². The smallest absolute Gasteiger partial charge is 0.308 e. The fraction of sp³-hybridized carbons (Fsp3) is 0.133. The van der Waals surface area contributed by atoms with Gasteiger partial charge in [0.05, 0.1) is 11.8 Å². The van der Waals surface area contributed by atoms with Gasteiger partial charge < -0.3 is 14.8 Å². The lowest BCUT2D eigenvalue weighted by atomic mass is 9.54. The minimum absolute atomic E-state index is 0.285. The van der Waals surface area contributed by atoms with Crippen LogP contribution in [0.1, 0.15) is 34.1 Å². The van der Waals surface area contributed by atoms with Gasteiger partial charge in [-0.3, -0.25) is 9.59 Å². The molecule has 35 heavy (non-hydrogen) atoms. The first-order valence-corrected chi connectivity index (χ1v) is 11.7. The summed E-state index contributed by atoms with van der Waals surface area (Å²) in [6.07, 6.45) is 0. The molecule has 5 aromatic rings. The van der Waals surface area contributed by atoms with E-state index in [1.807, 2.05) is 91.0 Å². The zero-order valence-electron chi connectivity index (χ0n) is 18.6. The van der Waals surface area contributed by atoms with Crippen LogP contribution in [0, 0.1) is 11.8 Å². The van der Waals surface area contributed by atoms with Crippen LogP contribution in [0.3, 0.4) is 0 Å². The Balaban J connectivity index is 1.32. The van der Waals surface area contributed by atoms with Gasteiger partial charge in [-0.25, -0.2) is 0 Å². The van der Waals surface area contributed by atoms with E-state index in [0.29, 0.717) is 11.3 Å². The molecule has 0 unspecified atom stereocenters. The van der Waals surface area contributed by atoms with Gasteiger partial charge in [-0.15, -0.1) is 0 Å². The molecule has 2 bridgehead atoms. The van der Waals surface area contributed by atoms with Gasteiger partial charge in [-0.1, -0.05) is 66.7 Å². The number of carbonyl (C=O) groups excluding carboxylic acids is 1. The van der Waals surface area contributed by atoms with Crippen molar-refractivity contribution in [3.63, 3.8) is 0 Å². The topological polar surface area (TPSA) is 79.5 Å². The lowest BCUT2D eigenvalue weighted by molar-refractivity contribution is -0.148. The number of amides is 1. The van der Waals surface area contributed by atoms with Gasteiger partial charge in [0, 0.05) is 34.4 Å². The molecule has 0 fully saturated rings. The molecule has 5 heteroatoms. The molecule has 0 aliphatic heterocycles. The first-order valence-electron chi connectivity index (χ1n) is 11.7. The zero-order valence-corrected chi connectivity index (χ0v) is 18.6. The number of fused-ring (bicyclic) bond motifs is 4. The van der Waals surface area contributed by atoms with Crippen LogP contribution >= 0.6 is 0 Å². The molecule has 5 nitrogen and oxygen atoms in total. The minimum atomic E-state index is -0.947. The van der Waals surface area contributed by atoms with Gasteiger partial charge in [-0.05, 0) is 40.5 Å². The van der Waals surface area contributed by atoms with Crippen LogP contribution in [0.15, 0.2) is 95.4 Å². The maximum absolute atomic E-state index is 13.8. The first kappa shape index (κ1) is 20.0. The molecule has 3 aliphatic carbocycles. The summed E-state index contributed by atoms with van der Waals surface area (Å²) in [6, 6.07) is 29.3. The molecule has 1 amide bonds. The summed E-state index contributed by atoms with van der Waals surface area (Å²) in [5, 5.41) is 15.3. The Labute approximate surface area is 201 Å². The Morgan fingerprint density at radius 2 is 1.20 bits per heavy atom. The second-order valence-electron chi connectivity index (χ2n) is 9.40.